The van der Waals surface area contributed by atoms with Crippen LogP contribution in [-0.4, -0.2) is 26.0 Å². The maximum absolute atomic E-state index is 4.47. The topological polar surface area (TPSA) is 43.6 Å². The zero-order valence-corrected chi connectivity index (χ0v) is 12.5. The molecule has 0 aliphatic carbocycles. The van der Waals surface area contributed by atoms with E-state index in [-0.39, 0.29) is 0 Å². The highest BCUT2D eigenvalue weighted by molar-refractivity contribution is 7.98. The summed E-state index contributed by atoms with van der Waals surface area (Å²) in [5, 5.41) is 5.11. The fraction of sp³-hybridized carbons (Fsp3) is 0.462. The van der Waals surface area contributed by atoms with E-state index in [1.54, 1.807) is 18.0 Å². The minimum atomic E-state index is 0.793. The highest BCUT2D eigenvalue weighted by Crippen LogP contribution is 2.22. The van der Waals surface area contributed by atoms with Crippen LogP contribution in [0.5, 0.6) is 0 Å². The Bertz CT molecular complexity index is 493. The van der Waals surface area contributed by atoms with Gasteiger partial charge in [-0.3, -0.25) is 4.68 Å². The fourth-order valence-electron chi connectivity index (χ4n) is 1.61. The molecule has 0 N–H and O–H groups in total. The van der Waals surface area contributed by atoms with Crippen molar-refractivity contribution in [3.63, 3.8) is 0 Å². The molecule has 0 aliphatic heterocycles. The molecule has 98 valence electrons. The molecule has 0 radical (unpaired) electrons. The third kappa shape index (κ3) is 3.10. The molecule has 0 aliphatic rings. The summed E-state index contributed by atoms with van der Waals surface area (Å²) in [5.74, 6) is 0. The first kappa shape index (κ1) is 14.7. The number of thioether (sulfide) groups is 1. The molecule has 2 aromatic rings. The second kappa shape index (κ2) is 7.16. The van der Waals surface area contributed by atoms with Crippen LogP contribution < -0.4 is 0 Å². The number of hydrogen-bond acceptors (Lipinski definition) is 4. The Morgan fingerprint density at radius 3 is 2.61 bits per heavy atom. The molecule has 0 fully saturated rings. The van der Waals surface area contributed by atoms with E-state index >= 15 is 0 Å². The van der Waals surface area contributed by atoms with Gasteiger partial charge in [-0.25, -0.2) is 9.97 Å². The van der Waals surface area contributed by atoms with Crippen LogP contribution in [0.1, 0.15) is 26.5 Å². The summed E-state index contributed by atoms with van der Waals surface area (Å²) >= 11 is 1.55. The number of rotatable bonds is 3. The Balaban J connectivity index is 0.000000771. The van der Waals surface area contributed by atoms with Crippen LogP contribution in [0.2, 0.25) is 0 Å². The quantitative estimate of drug-likeness (QED) is 0.629. The molecule has 18 heavy (non-hydrogen) atoms. The maximum atomic E-state index is 4.47. The zero-order chi connectivity index (χ0) is 13.5. The van der Waals surface area contributed by atoms with Gasteiger partial charge in [-0.05, 0) is 26.2 Å². The molecule has 0 spiro atoms. The first-order valence-corrected chi connectivity index (χ1v) is 7.38. The van der Waals surface area contributed by atoms with Crippen molar-refractivity contribution < 1.29 is 0 Å². The third-order valence-corrected chi connectivity index (χ3v) is 3.06. The third-order valence-electron chi connectivity index (χ3n) is 2.49. The SMILES string of the molecule is CC.CCn1ncc(-c2ccnc(SC)n2)c1C. The lowest BCUT2D eigenvalue weighted by Gasteiger charge is -2.02. The predicted octanol–water partition coefficient (Wildman–Crippen LogP) is 3.42. The molecular formula is C13H20N4S. The Kier molecular flexibility index (Phi) is 5.85. The van der Waals surface area contributed by atoms with Crippen molar-refractivity contribution >= 4 is 11.8 Å². The molecule has 0 saturated carbocycles. The van der Waals surface area contributed by atoms with Crippen molar-refractivity contribution in [1.29, 1.82) is 0 Å². The summed E-state index contributed by atoms with van der Waals surface area (Å²) < 4.78 is 1.97. The molecule has 2 aromatic heterocycles. The van der Waals surface area contributed by atoms with Crippen LogP contribution in [0.3, 0.4) is 0 Å². The monoisotopic (exact) mass is 264 g/mol. The van der Waals surface area contributed by atoms with E-state index in [0.29, 0.717) is 0 Å². The largest absolute Gasteiger partial charge is 0.269 e. The van der Waals surface area contributed by atoms with Gasteiger partial charge in [0.25, 0.3) is 0 Å². The van der Waals surface area contributed by atoms with Crippen molar-refractivity contribution in [2.75, 3.05) is 6.26 Å². The van der Waals surface area contributed by atoms with E-state index in [1.165, 1.54) is 0 Å². The normalized spacial score (nSPS) is 9.83. The smallest absolute Gasteiger partial charge is 0.187 e. The number of hydrogen-bond donors (Lipinski definition) is 0. The average Bonchev–Trinajstić information content (AvgIpc) is 2.82. The molecular weight excluding hydrogens is 244 g/mol. The standard InChI is InChI=1S/C11H14N4S.C2H6/c1-4-15-8(2)9(7-13-15)10-5-6-12-11(14-10)16-3;1-2/h5-7H,4H2,1-3H3;1-2H3. The Hall–Kier alpha value is -1.36. The highest BCUT2D eigenvalue weighted by atomic mass is 32.2. The molecule has 5 heteroatoms. The van der Waals surface area contributed by atoms with E-state index in [9.17, 15) is 0 Å². The summed E-state index contributed by atoms with van der Waals surface area (Å²) in [6.07, 6.45) is 5.63. The number of aryl methyl sites for hydroxylation is 1. The van der Waals surface area contributed by atoms with E-state index in [2.05, 4.69) is 28.9 Å². The molecule has 4 nitrogen and oxygen atoms in total. The van der Waals surface area contributed by atoms with Crippen LogP contribution in [0.4, 0.5) is 0 Å². The van der Waals surface area contributed by atoms with E-state index in [0.717, 1.165) is 28.7 Å². The summed E-state index contributed by atoms with van der Waals surface area (Å²) in [6, 6.07) is 1.92. The number of aromatic nitrogens is 4. The molecule has 0 aromatic carbocycles. The minimum Gasteiger partial charge on any atom is -0.269 e. The van der Waals surface area contributed by atoms with Crippen LogP contribution in [0.25, 0.3) is 11.3 Å². The van der Waals surface area contributed by atoms with Gasteiger partial charge in [0, 0.05) is 24.0 Å². The van der Waals surface area contributed by atoms with Gasteiger partial charge in [0.1, 0.15) is 0 Å². The van der Waals surface area contributed by atoms with Gasteiger partial charge in [-0.2, -0.15) is 5.10 Å². The van der Waals surface area contributed by atoms with Gasteiger partial charge in [0.15, 0.2) is 5.16 Å². The fourth-order valence-corrected chi connectivity index (χ4v) is 1.96. The van der Waals surface area contributed by atoms with Gasteiger partial charge in [-0.1, -0.05) is 25.6 Å². The van der Waals surface area contributed by atoms with Crippen LogP contribution in [0.15, 0.2) is 23.6 Å². The minimum absolute atomic E-state index is 0.793. The summed E-state index contributed by atoms with van der Waals surface area (Å²) in [5.41, 5.74) is 3.17. The van der Waals surface area contributed by atoms with E-state index in [4.69, 9.17) is 0 Å². The second-order valence-electron chi connectivity index (χ2n) is 3.39. The van der Waals surface area contributed by atoms with Gasteiger partial charge in [0.2, 0.25) is 0 Å². The van der Waals surface area contributed by atoms with Crippen molar-refractivity contribution in [2.45, 2.75) is 39.4 Å². The molecule has 0 saturated heterocycles. The van der Waals surface area contributed by atoms with Gasteiger partial charge in [0.05, 0.1) is 11.9 Å². The lowest BCUT2D eigenvalue weighted by atomic mass is 10.2. The lowest BCUT2D eigenvalue weighted by Crippen LogP contribution is -1.98. The van der Waals surface area contributed by atoms with E-state index < -0.39 is 0 Å². The average molecular weight is 264 g/mol. The van der Waals surface area contributed by atoms with Crippen molar-refractivity contribution in [2.24, 2.45) is 0 Å². The summed E-state index contributed by atoms with van der Waals surface area (Å²) in [4.78, 5) is 8.63. The summed E-state index contributed by atoms with van der Waals surface area (Å²) in [6.45, 7) is 9.02. The van der Waals surface area contributed by atoms with Gasteiger partial charge < -0.3 is 0 Å². The maximum Gasteiger partial charge on any atom is 0.187 e. The lowest BCUT2D eigenvalue weighted by molar-refractivity contribution is 0.640. The van der Waals surface area contributed by atoms with Crippen LogP contribution in [0, 0.1) is 6.92 Å². The molecule has 2 rings (SSSR count). The van der Waals surface area contributed by atoms with Crippen LogP contribution >= 0.6 is 11.8 Å². The zero-order valence-electron chi connectivity index (χ0n) is 11.6. The van der Waals surface area contributed by atoms with Gasteiger partial charge in [-0.15, -0.1) is 0 Å². The Morgan fingerprint density at radius 1 is 1.33 bits per heavy atom. The molecule has 0 atom stereocenters. The van der Waals surface area contributed by atoms with Crippen molar-refractivity contribution in [1.82, 2.24) is 19.7 Å². The molecule has 0 bridgehead atoms. The Labute approximate surface area is 113 Å². The predicted molar refractivity (Wildman–Crippen MR) is 76.8 cm³/mol. The molecule has 2 heterocycles. The summed E-state index contributed by atoms with van der Waals surface area (Å²) in [7, 11) is 0. The Morgan fingerprint density at radius 2 is 2.06 bits per heavy atom. The molecule has 0 amide bonds. The van der Waals surface area contributed by atoms with Crippen LogP contribution in [-0.2, 0) is 6.54 Å². The van der Waals surface area contributed by atoms with Crippen molar-refractivity contribution in [3.8, 4) is 11.3 Å². The van der Waals surface area contributed by atoms with Crippen molar-refractivity contribution in [3.05, 3.63) is 24.2 Å². The molecule has 0 unspecified atom stereocenters. The number of nitrogens with zero attached hydrogens (tertiary/aromatic N) is 4. The highest BCUT2D eigenvalue weighted by Gasteiger charge is 2.09. The van der Waals surface area contributed by atoms with Gasteiger partial charge >= 0.3 is 0 Å². The first-order valence-electron chi connectivity index (χ1n) is 6.16. The second-order valence-corrected chi connectivity index (χ2v) is 4.16. The first-order chi connectivity index (χ1) is 8.76. The van der Waals surface area contributed by atoms with E-state index in [1.807, 2.05) is 37.0 Å².